The van der Waals surface area contributed by atoms with Gasteiger partial charge in [-0.3, -0.25) is 0 Å². The molecular formula is C22H28ClO2. The highest BCUT2D eigenvalue weighted by atomic mass is 35.5. The Balaban J connectivity index is 1.61. The molecule has 0 aliphatic rings. The minimum atomic E-state index is 0.229. The summed E-state index contributed by atoms with van der Waals surface area (Å²) in [6, 6.07) is 17.6. The number of benzene rings is 2. The lowest BCUT2D eigenvalue weighted by Gasteiger charge is -2.21. The summed E-state index contributed by atoms with van der Waals surface area (Å²) in [6.45, 7) is 7.18. The quantitative estimate of drug-likeness (QED) is 0.421. The largest absolute Gasteiger partial charge is 0.494 e. The Morgan fingerprint density at radius 1 is 1.00 bits per heavy atom. The standard InChI is InChI=1S/C22H28ClO2/c1-3-20(25-21-12-5-4-6-13-21)16-18(2)10-7-8-15-24-22-14-9-11-19(23)17-22/h4-6,9,11-14,17-18,20H,2-3,7-8,10,15-16H2,1H3. The third-order valence-electron chi connectivity index (χ3n) is 4.17. The highest BCUT2D eigenvalue weighted by Gasteiger charge is 2.13. The molecule has 0 saturated carbocycles. The molecule has 0 saturated heterocycles. The Kier molecular flexibility index (Phi) is 8.68. The number of rotatable bonds is 11. The molecule has 2 rings (SSSR count). The zero-order chi connectivity index (χ0) is 17.9. The maximum absolute atomic E-state index is 6.05. The molecular weight excluding hydrogens is 332 g/mol. The maximum Gasteiger partial charge on any atom is 0.120 e. The lowest BCUT2D eigenvalue weighted by Crippen LogP contribution is -2.19. The fourth-order valence-electron chi connectivity index (χ4n) is 2.76. The van der Waals surface area contributed by atoms with Crippen molar-refractivity contribution < 1.29 is 9.47 Å². The zero-order valence-corrected chi connectivity index (χ0v) is 15.8. The molecule has 25 heavy (non-hydrogen) atoms. The van der Waals surface area contributed by atoms with Gasteiger partial charge in [0.25, 0.3) is 0 Å². The van der Waals surface area contributed by atoms with Gasteiger partial charge in [-0.25, -0.2) is 0 Å². The second kappa shape index (κ2) is 11.0. The Bertz CT molecular complexity index is 600. The predicted octanol–water partition coefficient (Wildman–Crippen LogP) is 6.59. The van der Waals surface area contributed by atoms with Gasteiger partial charge in [0.2, 0.25) is 0 Å². The summed E-state index contributed by atoms with van der Waals surface area (Å²) in [5.41, 5.74) is 0. The van der Waals surface area contributed by atoms with Gasteiger partial charge in [0.1, 0.15) is 11.5 Å². The van der Waals surface area contributed by atoms with Crippen molar-refractivity contribution in [1.82, 2.24) is 0 Å². The molecule has 2 unspecified atom stereocenters. The molecule has 0 N–H and O–H groups in total. The van der Waals surface area contributed by atoms with Gasteiger partial charge in [0.05, 0.1) is 12.7 Å². The van der Waals surface area contributed by atoms with Crippen molar-refractivity contribution in [1.29, 1.82) is 0 Å². The predicted molar refractivity (Wildman–Crippen MR) is 105 cm³/mol. The van der Waals surface area contributed by atoms with E-state index in [0.717, 1.165) is 43.6 Å². The van der Waals surface area contributed by atoms with Crippen LogP contribution in [0.4, 0.5) is 0 Å². The molecule has 0 aliphatic heterocycles. The summed E-state index contributed by atoms with van der Waals surface area (Å²) >= 11 is 5.95. The molecule has 1 radical (unpaired) electrons. The van der Waals surface area contributed by atoms with E-state index in [1.165, 1.54) is 0 Å². The van der Waals surface area contributed by atoms with Crippen molar-refractivity contribution in [2.75, 3.05) is 6.61 Å². The minimum absolute atomic E-state index is 0.229. The minimum Gasteiger partial charge on any atom is -0.494 e. The van der Waals surface area contributed by atoms with Gasteiger partial charge in [-0.05, 0) is 61.9 Å². The van der Waals surface area contributed by atoms with Crippen LogP contribution in [0.5, 0.6) is 11.5 Å². The van der Waals surface area contributed by atoms with E-state index < -0.39 is 0 Å². The van der Waals surface area contributed by atoms with E-state index in [1.54, 1.807) is 0 Å². The van der Waals surface area contributed by atoms with Crippen LogP contribution in [0.2, 0.25) is 5.02 Å². The highest BCUT2D eigenvalue weighted by molar-refractivity contribution is 6.30. The van der Waals surface area contributed by atoms with Crippen molar-refractivity contribution in [3.63, 3.8) is 0 Å². The van der Waals surface area contributed by atoms with E-state index in [0.29, 0.717) is 17.5 Å². The lowest BCUT2D eigenvalue weighted by molar-refractivity contribution is 0.168. The van der Waals surface area contributed by atoms with Crippen molar-refractivity contribution >= 4 is 11.6 Å². The fourth-order valence-corrected chi connectivity index (χ4v) is 2.94. The van der Waals surface area contributed by atoms with Gasteiger partial charge in [-0.2, -0.15) is 0 Å². The topological polar surface area (TPSA) is 18.5 Å². The van der Waals surface area contributed by atoms with Crippen molar-refractivity contribution in [2.45, 2.75) is 45.1 Å². The van der Waals surface area contributed by atoms with Gasteiger partial charge in [0.15, 0.2) is 0 Å². The molecule has 2 nitrogen and oxygen atoms in total. The number of hydrogen-bond acceptors (Lipinski definition) is 2. The second-order valence-electron chi connectivity index (χ2n) is 6.36. The number of para-hydroxylation sites is 1. The first-order valence-corrected chi connectivity index (χ1v) is 9.48. The highest BCUT2D eigenvalue weighted by Crippen LogP contribution is 2.21. The summed E-state index contributed by atoms with van der Waals surface area (Å²) in [5, 5.41) is 0.708. The van der Waals surface area contributed by atoms with Crippen LogP contribution in [0.25, 0.3) is 0 Å². The van der Waals surface area contributed by atoms with Crippen molar-refractivity contribution in [3.8, 4) is 11.5 Å². The van der Waals surface area contributed by atoms with E-state index in [1.807, 2.05) is 54.6 Å². The number of halogens is 1. The molecule has 0 fully saturated rings. The molecule has 0 spiro atoms. The average molecular weight is 360 g/mol. The summed E-state index contributed by atoms with van der Waals surface area (Å²) in [4.78, 5) is 0. The first-order chi connectivity index (χ1) is 12.2. The first kappa shape index (κ1) is 19.7. The summed E-state index contributed by atoms with van der Waals surface area (Å²) in [5.74, 6) is 2.18. The lowest BCUT2D eigenvalue weighted by atomic mass is 9.96. The summed E-state index contributed by atoms with van der Waals surface area (Å²) < 4.78 is 11.8. The van der Waals surface area contributed by atoms with Crippen LogP contribution in [-0.4, -0.2) is 12.7 Å². The molecule has 2 atom stereocenters. The number of hydrogen-bond donors (Lipinski definition) is 0. The number of unbranched alkanes of at least 4 members (excludes halogenated alkanes) is 1. The molecule has 0 heterocycles. The molecule has 2 aromatic rings. The molecule has 135 valence electrons. The second-order valence-corrected chi connectivity index (χ2v) is 6.80. The average Bonchev–Trinajstić information content (AvgIpc) is 2.62. The SMILES string of the molecule is [CH2]C(CCCCOc1cccc(Cl)c1)CC(CC)Oc1ccccc1. The third kappa shape index (κ3) is 7.83. The zero-order valence-electron chi connectivity index (χ0n) is 15.0. The molecule has 0 aromatic heterocycles. The van der Waals surface area contributed by atoms with Crippen molar-refractivity contribution in [2.24, 2.45) is 5.92 Å². The normalized spacial score (nSPS) is 13.2. The van der Waals surface area contributed by atoms with Gasteiger partial charge in [-0.15, -0.1) is 0 Å². The Morgan fingerprint density at radius 3 is 2.48 bits per heavy atom. The molecule has 0 aliphatic carbocycles. The summed E-state index contributed by atoms with van der Waals surface area (Å²) in [7, 11) is 0. The monoisotopic (exact) mass is 359 g/mol. The van der Waals surface area contributed by atoms with Crippen LogP contribution in [0.15, 0.2) is 54.6 Å². The van der Waals surface area contributed by atoms with Crippen LogP contribution >= 0.6 is 11.6 Å². The van der Waals surface area contributed by atoms with Crippen LogP contribution in [0.3, 0.4) is 0 Å². The van der Waals surface area contributed by atoms with Gasteiger partial charge >= 0.3 is 0 Å². The Labute approximate surface area is 157 Å². The smallest absolute Gasteiger partial charge is 0.120 e. The maximum atomic E-state index is 6.05. The molecule has 0 amide bonds. The first-order valence-electron chi connectivity index (χ1n) is 9.10. The fraction of sp³-hybridized carbons (Fsp3) is 0.409. The Morgan fingerprint density at radius 2 is 1.76 bits per heavy atom. The van der Waals surface area contributed by atoms with Gasteiger partial charge in [0, 0.05) is 5.02 Å². The third-order valence-corrected chi connectivity index (χ3v) is 4.40. The number of ether oxygens (including phenoxy) is 2. The van der Waals surface area contributed by atoms with Crippen LogP contribution in [-0.2, 0) is 0 Å². The molecule has 3 heteroatoms. The molecule has 2 aromatic carbocycles. The van der Waals surface area contributed by atoms with Gasteiger partial charge in [-0.1, -0.05) is 56.1 Å². The van der Waals surface area contributed by atoms with Crippen LogP contribution < -0.4 is 9.47 Å². The Hall–Kier alpha value is -1.67. The molecule has 0 bridgehead atoms. The van der Waals surface area contributed by atoms with Crippen LogP contribution in [0, 0.1) is 12.8 Å². The van der Waals surface area contributed by atoms with E-state index >= 15 is 0 Å². The van der Waals surface area contributed by atoms with Crippen molar-refractivity contribution in [3.05, 3.63) is 66.5 Å². The van der Waals surface area contributed by atoms with Crippen LogP contribution in [0.1, 0.15) is 39.0 Å². The van der Waals surface area contributed by atoms with E-state index in [4.69, 9.17) is 21.1 Å². The van der Waals surface area contributed by atoms with E-state index in [9.17, 15) is 0 Å². The van der Waals surface area contributed by atoms with Gasteiger partial charge < -0.3 is 9.47 Å². The summed E-state index contributed by atoms with van der Waals surface area (Å²) in [6.07, 6.45) is 5.44. The van der Waals surface area contributed by atoms with E-state index in [-0.39, 0.29) is 6.10 Å². The van der Waals surface area contributed by atoms with E-state index in [2.05, 4.69) is 13.8 Å².